The standard InChI is InChI=1S/C25H19Cl2FN2O6S/c1-3-35-24(34)20-12(2)29-25-30(21(20)14-4-6-15(28)7-5-14)23(33)18(37-25)10-13-8-16(26)22(17(27)9-13)36-11-19(31)32/h4-10,21H,3,11H2,1-2H3,(H,31,32)/b18-10-/t21-/m1/s1. The lowest BCUT2D eigenvalue weighted by Gasteiger charge is -2.24. The third kappa shape index (κ3) is 5.46. The van der Waals surface area contributed by atoms with Gasteiger partial charge in [0.15, 0.2) is 17.2 Å². The summed E-state index contributed by atoms with van der Waals surface area (Å²) in [6.45, 7) is 2.83. The first-order chi connectivity index (χ1) is 17.6. The first-order valence-electron chi connectivity index (χ1n) is 10.9. The van der Waals surface area contributed by atoms with Crippen molar-refractivity contribution in [3.63, 3.8) is 0 Å². The number of hydrogen-bond acceptors (Lipinski definition) is 7. The topological polar surface area (TPSA) is 107 Å². The molecule has 1 aliphatic heterocycles. The number of halogens is 3. The summed E-state index contributed by atoms with van der Waals surface area (Å²) in [6, 6.07) is 7.60. The Morgan fingerprint density at radius 3 is 2.46 bits per heavy atom. The lowest BCUT2D eigenvalue weighted by molar-refractivity contribution is -0.140. The number of carboxylic acid groups (broad SMARTS) is 1. The van der Waals surface area contributed by atoms with Gasteiger partial charge in [0, 0.05) is 0 Å². The minimum Gasteiger partial charge on any atom is -0.479 e. The van der Waals surface area contributed by atoms with Crippen LogP contribution in [0.3, 0.4) is 0 Å². The lowest BCUT2D eigenvalue weighted by atomic mass is 9.96. The Labute approximate surface area is 223 Å². The predicted molar refractivity (Wildman–Crippen MR) is 136 cm³/mol. The van der Waals surface area contributed by atoms with Crippen molar-refractivity contribution in [1.29, 1.82) is 0 Å². The fourth-order valence-corrected chi connectivity index (χ4v) is 5.50. The number of carbonyl (C=O) groups excluding carboxylic acids is 1. The molecular formula is C25H19Cl2FN2O6S. The molecule has 37 heavy (non-hydrogen) atoms. The van der Waals surface area contributed by atoms with Crippen LogP contribution in [-0.2, 0) is 14.3 Å². The normalized spacial score (nSPS) is 15.3. The van der Waals surface area contributed by atoms with E-state index in [1.807, 2.05) is 0 Å². The number of aliphatic carboxylic acids is 1. The molecule has 0 unspecified atom stereocenters. The van der Waals surface area contributed by atoms with Gasteiger partial charge in [-0.2, -0.15) is 0 Å². The van der Waals surface area contributed by atoms with Crippen LogP contribution in [0.2, 0.25) is 10.0 Å². The van der Waals surface area contributed by atoms with Crippen LogP contribution in [0.5, 0.6) is 5.75 Å². The maximum absolute atomic E-state index is 13.7. The molecule has 1 aromatic heterocycles. The van der Waals surface area contributed by atoms with Gasteiger partial charge in [-0.3, -0.25) is 9.36 Å². The van der Waals surface area contributed by atoms with Gasteiger partial charge in [-0.1, -0.05) is 46.7 Å². The molecule has 2 heterocycles. The second kappa shape index (κ2) is 10.9. The van der Waals surface area contributed by atoms with Gasteiger partial charge < -0.3 is 14.6 Å². The van der Waals surface area contributed by atoms with E-state index in [2.05, 4.69) is 4.99 Å². The molecule has 0 aliphatic carbocycles. The van der Waals surface area contributed by atoms with Crippen molar-refractivity contribution in [1.82, 2.24) is 4.57 Å². The van der Waals surface area contributed by atoms with E-state index in [-0.39, 0.29) is 32.5 Å². The van der Waals surface area contributed by atoms with Crippen LogP contribution in [-0.4, -0.2) is 34.8 Å². The van der Waals surface area contributed by atoms with Crippen LogP contribution < -0.4 is 19.6 Å². The molecule has 0 saturated heterocycles. The Hall–Kier alpha value is -3.47. The smallest absolute Gasteiger partial charge is 0.341 e. The first-order valence-corrected chi connectivity index (χ1v) is 12.5. The van der Waals surface area contributed by atoms with E-state index in [1.54, 1.807) is 19.9 Å². The predicted octanol–water partition coefficient (Wildman–Crippen LogP) is 3.71. The van der Waals surface area contributed by atoms with Crippen LogP contribution in [0.15, 0.2) is 57.5 Å². The molecule has 12 heteroatoms. The summed E-state index contributed by atoms with van der Waals surface area (Å²) in [5.41, 5.74) is 1.09. The number of carbonyl (C=O) groups is 2. The van der Waals surface area contributed by atoms with Gasteiger partial charge >= 0.3 is 11.9 Å². The summed E-state index contributed by atoms with van der Waals surface area (Å²) in [5, 5.41) is 8.96. The molecule has 0 fully saturated rings. The number of hydrogen-bond donors (Lipinski definition) is 1. The van der Waals surface area contributed by atoms with Gasteiger partial charge in [0.25, 0.3) is 5.56 Å². The average Bonchev–Trinajstić information content (AvgIpc) is 3.12. The van der Waals surface area contributed by atoms with E-state index in [0.717, 1.165) is 11.3 Å². The van der Waals surface area contributed by atoms with Crippen LogP contribution >= 0.6 is 34.5 Å². The highest BCUT2D eigenvalue weighted by Crippen LogP contribution is 2.35. The lowest BCUT2D eigenvalue weighted by Crippen LogP contribution is -2.39. The zero-order valence-corrected chi connectivity index (χ0v) is 21.8. The number of aromatic nitrogens is 1. The molecule has 3 aromatic rings. The van der Waals surface area contributed by atoms with Gasteiger partial charge in [-0.25, -0.2) is 19.0 Å². The van der Waals surface area contributed by atoms with E-state index in [0.29, 0.717) is 21.6 Å². The van der Waals surface area contributed by atoms with E-state index in [4.69, 9.17) is 37.8 Å². The minimum atomic E-state index is -1.19. The van der Waals surface area contributed by atoms with Crippen molar-refractivity contribution >= 4 is 52.6 Å². The number of esters is 1. The summed E-state index contributed by atoms with van der Waals surface area (Å²) in [7, 11) is 0. The summed E-state index contributed by atoms with van der Waals surface area (Å²) in [4.78, 5) is 42.1. The number of benzene rings is 2. The maximum atomic E-state index is 13.7. The van der Waals surface area contributed by atoms with E-state index in [1.165, 1.54) is 41.0 Å². The number of allylic oxidation sites excluding steroid dienone is 1. The summed E-state index contributed by atoms with van der Waals surface area (Å²) in [5.74, 6) is -2.26. The quantitative estimate of drug-likeness (QED) is 0.438. The molecule has 192 valence electrons. The van der Waals surface area contributed by atoms with Crippen molar-refractivity contribution in [3.8, 4) is 5.75 Å². The molecule has 0 bridgehead atoms. The third-order valence-electron chi connectivity index (χ3n) is 5.36. The van der Waals surface area contributed by atoms with Gasteiger partial charge in [-0.05, 0) is 55.3 Å². The largest absolute Gasteiger partial charge is 0.479 e. The molecule has 8 nitrogen and oxygen atoms in total. The summed E-state index contributed by atoms with van der Waals surface area (Å²) >= 11 is 13.6. The van der Waals surface area contributed by atoms with Crippen LogP contribution in [0.25, 0.3) is 6.08 Å². The van der Waals surface area contributed by atoms with E-state index < -0.39 is 36.0 Å². The molecule has 1 N–H and O–H groups in total. The van der Waals surface area contributed by atoms with Crippen molar-refractivity contribution in [2.24, 2.45) is 4.99 Å². The van der Waals surface area contributed by atoms with Crippen molar-refractivity contribution in [2.75, 3.05) is 13.2 Å². The number of nitrogens with zero attached hydrogens (tertiary/aromatic N) is 2. The van der Waals surface area contributed by atoms with E-state index >= 15 is 0 Å². The highest BCUT2D eigenvalue weighted by atomic mass is 35.5. The summed E-state index contributed by atoms with van der Waals surface area (Å²) in [6.07, 6.45) is 1.55. The molecule has 2 aromatic carbocycles. The van der Waals surface area contributed by atoms with Crippen molar-refractivity contribution in [3.05, 3.63) is 94.3 Å². The zero-order valence-electron chi connectivity index (χ0n) is 19.5. The second-order valence-electron chi connectivity index (χ2n) is 7.85. The van der Waals surface area contributed by atoms with Crippen LogP contribution in [0, 0.1) is 5.82 Å². The van der Waals surface area contributed by atoms with Gasteiger partial charge in [0.2, 0.25) is 0 Å². The van der Waals surface area contributed by atoms with Gasteiger partial charge in [0.1, 0.15) is 5.82 Å². The zero-order chi connectivity index (χ0) is 26.9. The number of thiazole rings is 1. The number of rotatable bonds is 7. The molecular weight excluding hydrogens is 546 g/mol. The van der Waals surface area contributed by atoms with E-state index in [9.17, 15) is 18.8 Å². The molecule has 0 radical (unpaired) electrons. The maximum Gasteiger partial charge on any atom is 0.341 e. The molecule has 1 atom stereocenters. The molecule has 0 amide bonds. The monoisotopic (exact) mass is 564 g/mol. The molecule has 1 aliphatic rings. The Morgan fingerprint density at radius 2 is 1.86 bits per heavy atom. The molecule has 0 spiro atoms. The number of carboxylic acids is 1. The first kappa shape index (κ1) is 26.6. The number of fused-ring (bicyclic) bond motifs is 1. The molecule has 0 saturated carbocycles. The van der Waals surface area contributed by atoms with Gasteiger partial charge in [0.05, 0.1) is 38.5 Å². The van der Waals surface area contributed by atoms with Crippen LogP contribution in [0.1, 0.15) is 31.0 Å². The number of ether oxygens (including phenoxy) is 2. The Balaban J connectivity index is 1.86. The van der Waals surface area contributed by atoms with Crippen LogP contribution in [0.4, 0.5) is 4.39 Å². The minimum absolute atomic E-state index is 0.00959. The fraction of sp³-hybridized carbons (Fsp3) is 0.200. The second-order valence-corrected chi connectivity index (χ2v) is 9.67. The Bertz CT molecular complexity index is 1590. The molecule has 4 rings (SSSR count). The Morgan fingerprint density at radius 1 is 1.22 bits per heavy atom. The Kier molecular flexibility index (Phi) is 7.82. The third-order valence-corrected chi connectivity index (χ3v) is 6.91. The van der Waals surface area contributed by atoms with Crippen molar-refractivity contribution in [2.45, 2.75) is 19.9 Å². The average molecular weight is 565 g/mol. The SMILES string of the molecule is CCOC(=O)C1=C(C)N=c2s/c(=C\c3cc(Cl)c(OCC(=O)O)c(Cl)c3)c(=O)n2[C@@H]1c1ccc(F)cc1. The highest BCUT2D eigenvalue weighted by molar-refractivity contribution is 7.07. The summed E-state index contributed by atoms with van der Waals surface area (Å²) < 4.78 is 25.7. The highest BCUT2D eigenvalue weighted by Gasteiger charge is 2.33. The van der Waals surface area contributed by atoms with Crippen molar-refractivity contribution < 1.29 is 28.6 Å². The fourth-order valence-electron chi connectivity index (χ4n) is 3.84. The van der Waals surface area contributed by atoms with Gasteiger partial charge in [-0.15, -0.1) is 0 Å².